The van der Waals surface area contributed by atoms with E-state index in [2.05, 4.69) is 52.1 Å². The van der Waals surface area contributed by atoms with E-state index in [4.69, 9.17) is 10.00 Å². The first-order valence-electron chi connectivity index (χ1n) is 13.0. The summed E-state index contributed by atoms with van der Waals surface area (Å²) in [6, 6.07) is 18.0. The molecule has 1 saturated carbocycles. The van der Waals surface area contributed by atoms with Crippen molar-refractivity contribution < 1.29 is 9.53 Å². The molecule has 0 radical (unpaired) electrons. The molecule has 192 valence electrons. The molecule has 0 saturated heterocycles. The molecule has 1 aliphatic rings. The number of rotatable bonds is 11. The third-order valence-electron chi connectivity index (χ3n) is 7.06. The minimum atomic E-state index is -0.156. The lowest BCUT2D eigenvalue weighted by atomic mass is 9.68. The zero-order chi connectivity index (χ0) is 25.6. The van der Waals surface area contributed by atoms with Crippen molar-refractivity contribution in [2.24, 2.45) is 4.99 Å². The quantitative estimate of drug-likeness (QED) is 0.137. The number of nitriles is 1. The maximum atomic E-state index is 13.0. The van der Waals surface area contributed by atoms with Crippen molar-refractivity contribution in [3.05, 3.63) is 65.7 Å². The van der Waals surface area contributed by atoms with Crippen LogP contribution < -0.4 is 20.7 Å². The first-order valence-corrected chi connectivity index (χ1v) is 13.0. The Hall–Kier alpha value is -3.53. The zero-order valence-electron chi connectivity index (χ0n) is 21.6. The zero-order valence-corrected chi connectivity index (χ0v) is 21.6. The molecule has 0 aromatic heterocycles. The van der Waals surface area contributed by atoms with E-state index in [-0.39, 0.29) is 17.4 Å². The Morgan fingerprint density at radius 1 is 1.08 bits per heavy atom. The highest BCUT2D eigenvalue weighted by Gasteiger charge is 2.37. The molecular weight excluding hydrogens is 450 g/mol. The van der Waals surface area contributed by atoms with Gasteiger partial charge in [0.25, 0.3) is 5.91 Å². The number of hydrogen-bond acceptors (Lipinski definition) is 4. The fraction of sp³-hybridized carbons (Fsp3) is 0.483. The van der Waals surface area contributed by atoms with E-state index in [9.17, 15) is 4.79 Å². The van der Waals surface area contributed by atoms with Gasteiger partial charge in [0.2, 0.25) is 5.96 Å². The van der Waals surface area contributed by atoms with Gasteiger partial charge in [-0.15, -0.1) is 0 Å². The first-order chi connectivity index (χ1) is 17.6. The van der Waals surface area contributed by atoms with E-state index < -0.39 is 0 Å². The molecule has 0 spiro atoms. The lowest BCUT2D eigenvalue weighted by Crippen LogP contribution is -2.49. The molecule has 2 aromatic carbocycles. The fourth-order valence-electron chi connectivity index (χ4n) is 4.95. The van der Waals surface area contributed by atoms with Crippen molar-refractivity contribution in [2.45, 2.75) is 69.7 Å². The predicted octanol–water partition coefficient (Wildman–Crippen LogP) is 4.90. The number of nitrogens with zero attached hydrogens (tertiary/aromatic N) is 2. The molecule has 0 bridgehead atoms. The molecule has 1 amide bonds. The number of methoxy groups -OCH3 is 1. The molecule has 1 fully saturated rings. The molecule has 7 nitrogen and oxygen atoms in total. The number of hydrogen-bond donors (Lipinski definition) is 3. The normalized spacial score (nSPS) is 19.7. The summed E-state index contributed by atoms with van der Waals surface area (Å²) >= 11 is 0. The predicted molar refractivity (Wildman–Crippen MR) is 144 cm³/mol. The van der Waals surface area contributed by atoms with Gasteiger partial charge in [0.1, 0.15) is 5.75 Å². The molecular formula is C29H39N5O2. The van der Waals surface area contributed by atoms with E-state index in [1.165, 1.54) is 18.4 Å². The van der Waals surface area contributed by atoms with Gasteiger partial charge in [-0.05, 0) is 49.8 Å². The summed E-state index contributed by atoms with van der Waals surface area (Å²) in [6.07, 6.45) is 10.3. The van der Waals surface area contributed by atoms with E-state index in [1.807, 2.05) is 24.4 Å². The van der Waals surface area contributed by atoms with Crippen molar-refractivity contribution in [1.29, 1.82) is 5.26 Å². The molecule has 36 heavy (non-hydrogen) atoms. The molecule has 0 unspecified atom stereocenters. The van der Waals surface area contributed by atoms with Crippen LogP contribution in [0, 0.1) is 11.5 Å². The molecule has 3 rings (SSSR count). The number of aliphatic imine (C=N–C) groups is 1. The molecule has 0 aliphatic heterocycles. The Balaban J connectivity index is 1.66. The Bertz CT molecular complexity index is 1020. The van der Waals surface area contributed by atoms with Crippen LogP contribution in [0.4, 0.5) is 0 Å². The Kier molecular flexibility index (Phi) is 10.6. The summed E-state index contributed by atoms with van der Waals surface area (Å²) < 4.78 is 5.38. The van der Waals surface area contributed by atoms with E-state index >= 15 is 0 Å². The van der Waals surface area contributed by atoms with Crippen molar-refractivity contribution in [2.75, 3.05) is 20.2 Å². The van der Waals surface area contributed by atoms with Crippen LogP contribution in [0.5, 0.6) is 5.75 Å². The molecule has 0 atom stereocenters. The van der Waals surface area contributed by atoms with Crippen molar-refractivity contribution in [3.8, 4) is 11.9 Å². The number of carbonyl (C=O) groups is 1. The van der Waals surface area contributed by atoms with E-state index in [0.29, 0.717) is 30.4 Å². The second kappa shape index (κ2) is 14.1. The van der Waals surface area contributed by atoms with Gasteiger partial charge in [0.05, 0.1) is 12.7 Å². The Morgan fingerprint density at radius 3 is 2.50 bits per heavy atom. The molecule has 2 aromatic rings. The second-order valence-electron chi connectivity index (χ2n) is 9.48. The summed E-state index contributed by atoms with van der Waals surface area (Å²) in [5.74, 6) is 1.01. The summed E-state index contributed by atoms with van der Waals surface area (Å²) in [7, 11) is 1.58. The number of para-hydroxylation sites is 1. The summed E-state index contributed by atoms with van der Waals surface area (Å²) in [6.45, 7) is 3.46. The third kappa shape index (κ3) is 7.48. The largest absolute Gasteiger partial charge is 0.496 e. The van der Waals surface area contributed by atoms with Gasteiger partial charge in [-0.2, -0.15) is 5.26 Å². The standard InChI is InChI=1S/C29H39N5O2/c1-3-4-5-11-20-31-28(33-22-30)34-24-16-18-29(19-17-24,23-12-7-6-8-13-23)21-32-27(35)25-14-9-10-15-26(25)36-2/h6-10,12-15,24H,3-5,11,16-21H2,1-2H3,(H,32,35)(H2,31,33,34). The van der Waals surface area contributed by atoms with Gasteiger partial charge in [0, 0.05) is 24.5 Å². The van der Waals surface area contributed by atoms with Crippen molar-refractivity contribution >= 4 is 11.9 Å². The summed E-state index contributed by atoms with van der Waals surface area (Å²) in [4.78, 5) is 17.6. The second-order valence-corrected chi connectivity index (χ2v) is 9.48. The summed E-state index contributed by atoms with van der Waals surface area (Å²) in [5, 5.41) is 18.5. The average Bonchev–Trinajstić information content (AvgIpc) is 2.93. The van der Waals surface area contributed by atoms with Crippen LogP contribution in [-0.4, -0.2) is 38.1 Å². The monoisotopic (exact) mass is 489 g/mol. The van der Waals surface area contributed by atoms with Crippen LogP contribution in [0.3, 0.4) is 0 Å². The van der Waals surface area contributed by atoms with Gasteiger partial charge in [0.15, 0.2) is 6.19 Å². The van der Waals surface area contributed by atoms with E-state index in [0.717, 1.165) is 38.5 Å². The maximum Gasteiger partial charge on any atom is 0.255 e. The number of guanidine groups is 1. The van der Waals surface area contributed by atoms with E-state index in [1.54, 1.807) is 19.2 Å². The van der Waals surface area contributed by atoms with Crippen LogP contribution in [0.25, 0.3) is 0 Å². The topological polar surface area (TPSA) is 98.5 Å². The first kappa shape index (κ1) is 27.1. The van der Waals surface area contributed by atoms with Crippen LogP contribution in [-0.2, 0) is 5.41 Å². The van der Waals surface area contributed by atoms with Crippen LogP contribution >= 0.6 is 0 Å². The third-order valence-corrected chi connectivity index (χ3v) is 7.06. The van der Waals surface area contributed by atoms with Gasteiger partial charge < -0.3 is 15.4 Å². The number of amides is 1. The average molecular weight is 490 g/mol. The summed E-state index contributed by atoms with van der Waals surface area (Å²) in [5.41, 5.74) is 1.63. The van der Waals surface area contributed by atoms with Crippen LogP contribution in [0.2, 0.25) is 0 Å². The van der Waals surface area contributed by atoms with Gasteiger partial charge in [-0.1, -0.05) is 68.7 Å². The lowest BCUT2D eigenvalue weighted by Gasteiger charge is -2.41. The Labute approximate surface area is 215 Å². The smallest absolute Gasteiger partial charge is 0.255 e. The van der Waals surface area contributed by atoms with Gasteiger partial charge >= 0.3 is 0 Å². The van der Waals surface area contributed by atoms with Gasteiger partial charge in [-0.3, -0.25) is 15.1 Å². The minimum Gasteiger partial charge on any atom is -0.496 e. The number of nitrogens with one attached hydrogen (secondary N) is 3. The van der Waals surface area contributed by atoms with Crippen molar-refractivity contribution in [3.63, 3.8) is 0 Å². The van der Waals surface area contributed by atoms with Gasteiger partial charge in [-0.25, -0.2) is 0 Å². The molecule has 7 heteroatoms. The lowest BCUT2D eigenvalue weighted by molar-refractivity contribution is 0.0932. The minimum absolute atomic E-state index is 0.126. The highest BCUT2D eigenvalue weighted by Crippen LogP contribution is 2.39. The Morgan fingerprint density at radius 2 is 1.81 bits per heavy atom. The van der Waals surface area contributed by atoms with Crippen LogP contribution in [0.1, 0.15) is 74.2 Å². The number of unbranched alkanes of at least 4 members (excludes halogenated alkanes) is 3. The van der Waals surface area contributed by atoms with Crippen LogP contribution in [0.15, 0.2) is 59.6 Å². The molecule has 3 N–H and O–H groups in total. The maximum absolute atomic E-state index is 13.0. The SMILES string of the molecule is CCCCCCN=C(NC#N)NC1CCC(CNC(=O)c2ccccc2OC)(c2ccccc2)CC1. The highest BCUT2D eigenvalue weighted by atomic mass is 16.5. The number of carbonyl (C=O) groups excluding carboxylic acids is 1. The number of ether oxygens (including phenoxy) is 1. The van der Waals surface area contributed by atoms with Crippen molar-refractivity contribution in [1.82, 2.24) is 16.0 Å². The molecule has 0 heterocycles. The fourth-order valence-corrected chi connectivity index (χ4v) is 4.95. The number of benzene rings is 2. The highest BCUT2D eigenvalue weighted by molar-refractivity contribution is 5.97. The molecule has 1 aliphatic carbocycles.